The quantitative estimate of drug-likeness (QED) is 0.807. The van der Waals surface area contributed by atoms with Crippen molar-refractivity contribution < 1.29 is 14.2 Å². The molecule has 0 spiro atoms. The minimum absolute atomic E-state index is 0.479. The van der Waals surface area contributed by atoms with Crippen LogP contribution in [-0.2, 0) is 11.3 Å². The van der Waals surface area contributed by atoms with Crippen molar-refractivity contribution in [2.24, 2.45) is 5.73 Å². The SMILES string of the molecule is CCOc1cc(CN)cc(Br)c1OCCN1CCOCC1. The van der Waals surface area contributed by atoms with Crippen molar-refractivity contribution in [2.45, 2.75) is 13.5 Å². The van der Waals surface area contributed by atoms with Gasteiger partial charge in [0.15, 0.2) is 11.5 Å². The molecule has 0 aromatic heterocycles. The Morgan fingerprint density at radius 1 is 1.29 bits per heavy atom. The molecule has 0 aliphatic carbocycles. The van der Waals surface area contributed by atoms with E-state index in [1.165, 1.54) is 0 Å². The second-order valence-corrected chi connectivity index (χ2v) is 5.70. The molecule has 118 valence electrons. The molecule has 0 bridgehead atoms. The van der Waals surface area contributed by atoms with Gasteiger partial charge >= 0.3 is 0 Å². The lowest BCUT2D eigenvalue weighted by atomic mass is 10.2. The third kappa shape index (κ3) is 4.85. The summed E-state index contributed by atoms with van der Waals surface area (Å²) >= 11 is 3.54. The Morgan fingerprint density at radius 3 is 2.71 bits per heavy atom. The van der Waals surface area contributed by atoms with Crippen molar-refractivity contribution in [1.82, 2.24) is 4.90 Å². The van der Waals surface area contributed by atoms with E-state index in [2.05, 4.69) is 20.8 Å². The molecule has 0 radical (unpaired) electrons. The van der Waals surface area contributed by atoms with Crippen LogP contribution in [0.25, 0.3) is 0 Å². The first kappa shape index (κ1) is 16.5. The zero-order valence-electron chi connectivity index (χ0n) is 12.4. The molecule has 21 heavy (non-hydrogen) atoms. The molecule has 1 aromatic rings. The lowest BCUT2D eigenvalue weighted by Crippen LogP contribution is -2.38. The number of nitrogens with two attached hydrogens (primary N) is 1. The van der Waals surface area contributed by atoms with Gasteiger partial charge < -0.3 is 19.9 Å². The molecule has 0 saturated carbocycles. The molecule has 1 fully saturated rings. The predicted molar refractivity (Wildman–Crippen MR) is 86.0 cm³/mol. The minimum Gasteiger partial charge on any atom is -0.490 e. The molecule has 2 rings (SSSR count). The van der Waals surface area contributed by atoms with Crippen LogP contribution in [0.2, 0.25) is 0 Å². The first-order valence-electron chi connectivity index (χ1n) is 7.32. The fourth-order valence-electron chi connectivity index (χ4n) is 2.24. The maximum atomic E-state index is 5.93. The van der Waals surface area contributed by atoms with Crippen molar-refractivity contribution in [3.8, 4) is 11.5 Å². The number of benzene rings is 1. The van der Waals surface area contributed by atoms with E-state index in [1.807, 2.05) is 19.1 Å². The summed E-state index contributed by atoms with van der Waals surface area (Å²) in [6, 6.07) is 3.92. The smallest absolute Gasteiger partial charge is 0.175 e. The van der Waals surface area contributed by atoms with Gasteiger partial charge in [0.1, 0.15) is 6.61 Å². The molecule has 1 aliphatic rings. The summed E-state index contributed by atoms with van der Waals surface area (Å²) < 4.78 is 17.8. The molecule has 1 aromatic carbocycles. The van der Waals surface area contributed by atoms with Gasteiger partial charge in [-0.2, -0.15) is 0 Å². The van der Waals surface area contributed by atoms with Crippen LogP contribution < -0.4 is 15.2 Å². The Hall–Kier alpha value is -0.820. The molecular weight excluding hydrogens is 336 g/mol. The van der Waals surface area contributed by atoms with Gasteiger partial charge in [-0.15, -0.1) is 0 Å². The number of nitrogens with zero attached hydrogens (tertiary/aromatic N) is 1. The van der Waals surface area contributed by atoms with Gasteiger partial charge in [0, 0.05) is 26.2 Å². The van der Waals surface area contributed by atoms with E-state index in [-0.39, 0.29) is 0 Å². The summed E-state index contributed by atoms with van der Waals surface area (Å²) in [7, 11) is 0. The van der Waals surface area contributed by atoms with Crippen LogP contribution in [0.4, 0.5) is 0 Å². The third-order valence-corrected chi connectivity index (χ3v) is 3.95. The first-order chi connectivity index (χ1) is 10.2. The highest BCUT2D eigenvalue weighted by atomic mass is 79.9. The molecule has 1 heterocycles. The summed E-state index contributed by atoms with van der Waals surface area (Å²) in [5, 5.41) is 0. The lowest BCUT2D eigenvalue weighted by molar-refractivity contribution is 0.0320. The largest absolute Gasteiger partial charge is 0.490 e. The van der Waals surface area contributed by atoms with Crippen LogP contribution in [0.3, 0.4) is 0 Å². The highest BCUT2D eigenvalue weighted by Crippen LogP contribution is 2.36. The van der Waals surface area contributed by atoms with E-state index in [9.17, 15) is 0 Å². The number of morpholine rings is 1. The number of halogens is 1. The summed E-state index contributed by atoms with van der Waals surface area (Å²) in [5.41, 5.74) is 6.72. The van der Waals surface area contributed by atoms with E-state index < -0.39 is 0 Å². The Balaban J connectivity index is 1.97. The highest BCUT2D eigenvalue weighted by Gasteiger charge is 2.14. The van der Waals surface area contributed by atoms with Gasteiger partial charge in [-0.05, 0) is 40.5 Å². The van der Waals surface area contributed by atoms with Gasteiger partial charge in [-0.1, -0.05) is 0 Å². The average molecular weight is 359 g/mol. The van der Waals surface area contributed by atoms with Crippen molar-refractivity contribution in [3.63, 3.8) is 0 Å². The predicted octanol–water partition coefficient (Wildman–Crippen LogP) is 2.02. The molecule has 0 unspecified atom stereocenters. The van der Waals surface area contributed by atoms with Gasteiger partial charge in [-0.3, -0.25) is 4.90 Å². The van der Waals surface area contributed by atoms with Gasteiger partial charge in [0.25, 0.3) is 0 Å². The third-order valence-electron chi connectivity index (χ3n) is 3.36. The number of hydrogen-bond donors (Lipinski definition) is 1. The van der Waals surface area contributed by atoms with E-state index in [4.69, 9.17) is 19.9 Å². The van der Waals surface area contributed by atoms with E-state index in [0.29, 0.717) is 19.8 Å². The summed E-state index contributed by atoms with van der Waals surface area (Å²) in [4.78, 5) is 2.34. The standard InChI is InChI=1S/C15H23BrN2O3/c1-2-20-14-10-12(11-17)9-13(16)15(14)21-8-5-18-3-6-19-7-4-18/h9-10H,2-8,11,17H2,1H3. The Labute approximate surface area is 134 Å². The molecule has 2 N–H and O–H groups in total. The van der Waals surface area contributed by atoms with E-state index >= 15 is 0 Å². The minimum atomic E-state index is 0.479. The van der Waals surface area contributed by atoms with Crippen LogP contribution in [-0.4, -0.2) is 51.0 Å². The van der Waals surface area contributed by atoms with Crippen LogP contribution >= 0.6 is 15.9 Å². The molecule has 1 saturated heterocycles. The van der Waals surface area contributed by atoms with Crippen molar-refractivity contribution in [3.05, 3.63) is 22.2 Å². The topological polar surface area (TPSA) is 57.0 Å². The zero-order valence-corrected chi connectivity index (χ0v) is 14.0. The van der Waals surface area contributed by atoms with Crippen molar-refractivity contribution in [2.75, 3.05) is 46.1 Å². The second-order valence-electron chi connectivity index (χ2n) is 4.84. The summed E-state index contributed by atoms with van der Waals surface area (Å²) in [6.45, 7) is 8.09. The van der Waals surface area contributed by atoms with Crippen LogP contribution in [0, 0.1) is 0 Å². The number of ether oxygens (including phenoxy) is 3. The summed E-state index contributed by atoms with van der Waals surface area (Å²) in [6.07, 6.45) is 0. The molecule has 0 atom stereocenters. The highest BCUT2D eigenvalue weighted by molar-refractivity contribution is 9.10. The summed E-state index contributed by atoms with van der Waals surface area (Å²) in [5.74, 6) is 1.50. The van der Waals surface area contributed by atoms with Crippen molar-refractivity contribution >= 4 is 15.9 Å². The lowest BCUT2D eigenvalue weighted by Gasteiger charge is -2.26. The molecule has 1 aliphatic heterocycles. The van der Waals surface area contributed by atoms with Crippen LogP contribution in [0.1, 0.15) is 12.5 Å². The molecular formula is C15H23BrN2O3. The van der Waals surface area contributed by atoms with Crippen LogP contribution in [0.5, 0.6) is 11.5 Å². The number of hydrogen-bond acceptors (Lipinski definition) is 5. The van der Waals surface area contributed by atoms with E-state index in [0.717, 1.165) is 54.4 Å². The Morgan fingerprint density at radius 2 is 2.05 bits per heavy atom. The molecule has 5 nitrogen and oxygen atoms in total. The maximum absolute atomic E-state index is 5.93. The van der Waals surface area contributed by atoms with Gasteiger partial charge in [-0.25, -0.2) is 0 Å². The average Bonchev–Trinajstić information content (AvgIpc) is 2.51. The monoisotopic (exact) mass is 358 g/mol. The van der Waals surface area contributed by atoms with Crippen molar-refractivity contribution in [1.29, 1.82) is 0 Å². The molecule has 0 amide bonds. The second kappa shape index (κ2) is 8.58. The van der Waals surface area contributed by atoms with E-state index in [1.54, 1.807) is 0 Å². The van der Waals surface area contributed by atoms with Crippen LogP contribution in [0.15, 0.2) is 16.6 Å². The fourth-order valence-corrected chi connectivity index (χ4v) is 2.85. The first-order valence-corrected chi connectivity index (χ1v) is 8.12. The molecule has 6 heteroatoms. The maximum Gasteiger partial charge on any atom is 0.175 e. The number of rotatable bonds is 7. The fraction of sp³-hybridized carbons (Fsp3) is 0.600. The normalized spacial score (nSPS) is 16.0. The van der Waals surface area contributed by atoms with Gasteiger partial charge in [0.2, 0.25) is 0 Å². The Kier molecular flexibility index (Phi) is 6.76. The Bertz CT molecular complexity index is 451. The zero-order chi connectivity index (χ0) is 15.1. The van der Waals surface area contributed by atoms with Gasteiger partial charge in [0.05, 0.1) is 24.3 Å².